The SMILES string of the molecule is CC1CN(C(C)(C)CNc2cnn(C)c(=O)c2Br)CC(C)O1. The lowest BCUT2D eigenvalue weighted by molar-refractivity contribution is -0.0933. The molecule has 0 bridgehead atoms. The predicted molar refractivity (Wildman–Crippen MR) is 91.3 cm³/mol. The van der Waals surface area contributed by atoms with Crippen LogP contribution in [-0.2, 0) is 11.8 Å². The van der Waals surface area contributed by atoms with Crippen molar-refractivity contribution in [2.45, 2.75) is 45.4 Å². The number of ether oxygens (including phenoxy) is 1. The fraction of sp³-hybridized carbons (Fsp3) is 0.733. The highest BCUT2D eigenvalue weighted by Crippen LogP contribution is 2.23. The highest BCUT2D eigenvalue weighted by atomic mass is 79.9. The third-order valence-corrected chi connectivity index (χ3v) is 4.83. The van der Waals surface area contributed by atoms with E-state index in [2.05, 4.69) is 58.9 Å². The molecule has 0 aromatic carbocycles. The van der Waals surface area contributed by atoms with E-state index < -0.39 is 0 Å². The molecule has 1 aliphatic rings. The number of rotatable bonds is 4. The van der Waals surface area contributed by atoms with E-state index in [1.54, 1.807) is 13.2 Å². The van der Waals surface area contributed by atoms with Gasteiger partial charge in [0, 0.05) is 32.2 Å². The Kier molecular flexibility index (Phi) is 5.29. The van der Waals surface area contributed by atoms with Crippen LogP contribution in [0.1, 0.15) is 27.7 Å². The van der Waals surface area contributed by atoms with E-state index in [4.69, 9.17) is 4.74 Å². The molecule has 1 aromatic rings. The van der Waals surface area contributed by atoms with E-state index in [1.807, 2.05) is 0 Å². The lowest BCUT2D eigenvalue weighted by atomic mass is 10.00. The van der Waals surface area contributed by atoms with Gasteiger partial charge in [0.05, 0.1) is 24.1 Å². The second kappa shape index (κ2) is 6.68. The summed E-state index contributed by atoms with van der Waals surface area (Å²) in [5, 5.41) is 7.40. The van der Waals surface area contributed by atoms with Crippen LogP contribution in [0.25, 0.3) is 0 Å². The first-order valence-electron chi connectivity index (χ1n) is 7.57. The molecule has 2 rings (SSSR count). The normalized spacial score (nSPS) is 23.5. The van der Waals surface area contributed by atoms with Crippen LogP contribution in [0.3, 0.4) is 0 Å². The van der Waals surface area contributed by atoms with Gasteiger partial charge in [0.15, 0.2) is 0 Å². The van der Waals surface area contributed by atoms with Crippen molar-refractivity contribution in [2.75, 3.05) is 25.0 Å². The van der Waals surface area contributed by atoms with E-state index in [-0.39, 0.29) is 23.3 Å². The van der Waals surface area contributed by atoms with E-state index in [0.29, 0.717) is 4.47 Å². The van der Waals surface area contributed by atoms with Crippen molar-refractivity contribution in [3.05, 3.63) is 21.0 Å². The Morgan fingerprint density at radius 1 is 1.41 bits per heavy atom. The summed E-state index contributed by atoms with van der Waals surface area (Å²) in [6.07, 6.45) is 2.15. The average molecular weight is 373 g/mol. The molecule has 1 aromatic heterocycles. The maximum atomic E-state index is 11.9. The molecule has 0 saturated carbocycles. The minimum absolute atomic E-state index is 0.0488. The van der Waals surface area contributed by atoms with Gasteiger partial charge in [-0.05, 0) is 43.6 Å². The van der Waals surface area contributed by atoms with Crippen LogP contribution in [0, 0.1) is 0 Å². The summed E-state index contributed by atoms with van der Waals surface area (Å²) >= 11 is 3.34. The number of hydrogen-bond donors (Lipinski definition) is 1. The first-order chi connectivity index (χ1) is 10.2. The first-order valence-corrected chi connectivity index (χ1v) is 8.36. The van der Waals surface area contributed by atoms with Crippen LogP contribution in [0.2, 0.25) is 0 Å². The van der Waals surface area contributed by atoms with Crippen LogP contribution in [-0.4, -0.2) is 52.1 Å². The number of nitrogens with one attached hydrogen (secondary N) is 1. The highest BCUT2D eigenvalue weighted by molar-refractivity contribution is 9.10. The molecule has 1 saturated heterocycles. The van der Waals surface area contributed by atoms with Crippen LogP contribution in [0.4, 0.5) is 5.69 Å². The Morgan fingerprint density at radius 3 is 2.59 bits per heavy atom. The number of morpholine rings is 1. The summed E-state index contributed by atoms with van der Waals surface area (Å²) in [7, 11) is 1.64. The van der Waals surface area contributed by atoms with Crippen molar-refractivity contribution in [2.24, 2.45) is 7.05 Å². The van der Waals surface area contributed by atoms with E-state index in [1.165, 1.54) is 4.68 Å². The molecule has 2 heterocycles. The Bertz CT molecular complexity index is 577. The van der Waals surface area contributed by atoms with Gasteiger partial charge in [-0.2, -0.15) is 5.10 Å². The first kappa shape index (κ1) is 17.4. The van der Waals surface area contributed by atoms with E-state index in [9.17, 15) is 4.79 Å². The van der Waals surface area contributed by atoms with Crippen molar-refractivity contribution in [3.8, 4) is 0 Å². The van der Waals surface area contributed by atoms with Gasteiger partial charge >= 0.3 is 0 Å². The lowest BCUT2D eigenvalue weighted by Gasteiger charge is -2.45. The molecule has 0 amide bonds. The summed E-state index contributed by atoms with van der Waals surface area (Å²) in [6, 6.07) is 0. The van der Waals surface area contributed by atoms with Crippen LogP contribution in [0.5, 0.6) is 0 Å². The zero-order valence-corrected chi connectivity index (χ0v) is 15.5. The number of hydrogen-bond acceptors (Lipinski definition) is 5. The summed E-state index contributed by atoms with van der Waals surface area (Å²) in [5.41, 5.74) is 0.536. The summed E-state index contributed by atoms with van der Waals surface area (Å²) in [6.45, 7) is 11.2. The molecule has 2 atom stereocenters. The van der Waals surface area contributed by atoms with Gasteiger partial charge in [-0.15, -0.1) is 0 Å². The minimum atomic E-state index is -0.142. The third-order valence-electron chi connectivity index (χ3n) is 4.07. The van der Waals surface area contributed by atoms with Gasteiger partial charge in [-0.3, -0.25) is 9.69 Å². The monoisotopic (exact) mass is 372 g/mol. The zero-order chi connectivity index (χ0) is 16.5. The summed E-state index contributed by atoms with van der Waals surface area (Å²) < 4.78 is 7.63. The quantitative estimate of drug-likeness (QED) is 0.873. The fourth-order valence-corrected chi connectivity index (χ4v) is 3.23. The maximum absolute atomic E-state index is 11.9. The topological polar surface area (TPSA) is 59.4 Å². The van der Waals surface area contributed by atoms with Crippen LogP contribution < -0.4 is 10.9 Å². The molecule has 7 heteroatoms. The second-order valence-electron chi connectivity index (χ2n) is 6.63. The minimum Gasteiger partial charge on any atom is -0.381 e. The molecule has 124 valence electrons. The lowest BCUT2D eigenvalue weighted by Crippen LogP contribution is -2.57. The molecule has 6 nitrogen and oxygen atoms in total. The molecular formula is C15H25BrN4O2. The van der Waals surface area contributed by atoms with Gasteiger partial charge in [-0.1, -0.05) is 0 Å². The van der Waals surface area contributed by atoms with Crippen molar-refractivity contribution >= 4 is 21.6 Å². The summed E-state index contributed by atoms with van der Waals surface area (Å²) in [4.78, 5) is 14.3. The molecule has 2 unspecified atom stereocenters. The largest absolute Gasteiger partial charge is 0.381 e. The molecule has 1 fully saturated rings. The molecule has 0 aliphatic carbocycles. The van der Waals surface area contributed by atoms with E-state index in [0.717, 1.165) is 25.3 Å². The highest BCUT2D eigenvalue weighted by Gasteiger charge is 2.33. The molecule has 0 spiro atoms. The van der Waals surface area contributed by atoms with Crippen LogP contribution >= 0.6 is 15.9 Å². The molecule has 0 radical (unpaired) electrons. The van der Waals surface area contributed by atoms with Gasteiger partial charge < -0.3 is 10.1 Å². The number of nitrogens with zero attached hydrogens (tertiary/aromatic N) is 3. The molecule has 1 N–H and O–H groups in total. The molecule has 22 heavy (non-hydrogen) atoms. The van der Waals surface area contributed by atoms with Gasteiger partial charge in [-0.25, -0.2) is 4.68 Å². The smallest absolute Gasteiger partial charge is 0.282 e. The van der Waals surface area contributed by atoms with Crippen molar-refractivity contribution in [1.82, 2.24) is 14.7 Å². The Hall–Kier alpha value is -0.920. The Morgan fingerprint density at radius 2 is 2.00 bits per heavy atom. The van der Waals surface area contributed by atoms with Crippen molar-refractivity contribution in [1.29, 1.82) is 0 Å². The fourth-order valence-electron chi connectivity index (χ4n) is 2.73. The molecule has 1 aliphatic heterocycles. The number of aromatic nitrogens is 2. The standard InChI is InChI=1S/C15H25BrN4O2/c1-10-7-20(8-11(2)22-10)15(3,4)9-17-12-6-18-19(5)14(21)13(12)16/h6,10-11,17H,7-9H2,1-5H3. The number of aryl methyl sites for hydroxylation is 1. The summed E-state index contributed by atoms with van der Waals surface area (Å²) in [5.74, 6) is 0. The molecular weight excluding hydrogens is 348 g/mol. The van der Waals surface area contributed by atoms with Crippen LogP contribution in [0.15, 0.2) is 15.5 Å². The van der Waals surface area contributed by atoms with Crippen molar-refractivity contribution in [3.63, 3.8) is 0 Å². The second-order valence-corrected chi connectivity index (χ2v) is 7.42. The maximum Gasteiger partial charge on any atom is 0.282 e. The zero-order valence-electron chi connectivity index (χ0n) is 13.9. The predicted octanol–water partition coefficient (Wildman–Crippen LogP) is 1.84. The van der Waals surface area contributed by atoms with Gasteiger partial charge in [0.1, 0.15) is 4.47 Å². The van der Waals surface area contributed by atoms with Gasteiger partial charge in [0.25, 0.3) is 5.56 Å². The van der Waals surface area contributed by atoms with E-state index >= 15 is 0 Å². The average Bonchev–Trinajstić information content (AvgIpc) is 2.43. The number of halogens is 1. The Balaban J connectivity index is 2.06. The van der Waals surface area contributed by atoms with Gasteiger partial charge in [0.2, 0.25) is 0 Å². The Labute approximate surface area is 140 Å². The van der Waals surface area contributed by atoms with Crippen molar-refractivity contribution < 1.29 is 4.74 Å². The number of anilines is 1. The third kappa shape index (κ3) is 3.88.